The second-order valence-electron chi connectivity index (χ2n) is 4.31. The first-order valence-corrected chi connectivity index (χ1v) is 7.52. The number of rotatable bonds is 6. The summed E-state index contributed by atoms with van der Waals surface area (Å²) in [4.78, 5) is 0. The van der Waals surface area contributed by atoms with Crippen molar-refractivity contribution in [1.29, 1.82) is 0 Å². The Morgan fingerprint density at radius 3 is 2.47 bits per heavy atom. The van der Waals surface area contributed by atoms with E-state index in [2.05, 4.69) is 64.3 Å². The predicted molar refractivity (Wildman–Crippen MR) is 87.3 cm³/mol. The number of hydrogen-bond acceptors (Lipinski definition) is 2. The van der Waals surface area contributed by atoms with Crippen molar-refractivity contribution in [3.8, 4) is 5.75 Å². The molecule has 19 heavy (non-hydrogen) atoms. The van der Waals surface area contributed by atoms with Gasteiger partial charge in [-0.15, -0.1) is 0 Å². The van der Waals surface area contributed by atoms with Crippen LogP contribution in [0.2, 0.25) is 0 Å². The van der Waals surface area contributed by atoms with Gasteiger partial charge in [0.15, 0.2) is 0 Å². The predicted octanol–water partition coefficient (Wildman–Crippen LogP) is 3.98. The Labute approximate surface area is 128 Å². The Bertz CT molecular complexity index is 510. The van der Waals surface area contributed by atoms with Crippen molar-refractivity contribution < 1.29 is 4.74 Å². The molecular formula is C16H18INO. The van der Waals surface area contributed by atoms with Crippen LogP contribution in [-0.2, 0) is 13.1 Å². The second kappa shape index (κ2) is 7.50. The lowest BCUT2D eigenvalue weighted by molar-refractivity contribution is 0.340. The van der Waals surface area contributed by atoms with Gasteiger partial charge in [-0.2, -0.15) is 0 Å². The number of benzene rings is 2. The van der Waals surface area contributed by atoms with Gasteiger partial charge in [0.25, 0.3) is 0 Å². The molecule has 0 aliphatic carbocycles. The molecule has 0 atom stereocenters. The number of halogens is 1. The zero-order chi connectivity index (χ0) is 13.5. The molecule has 0 aliphatic rings. The quantitative estimate of drug-likeness (QED) is 0.780. The van der Waals surface area contributed by atoms with Gasteiger partial charge >= 0.3 is 0 Å². The smallest absolute Gasteiger partial charge is 0.119 e. The Kier molecular flexibility index (Phi) is 5.66. The second-order valence-corrected chi connectivity index (χ2v) is 5.56. The van der Waals surface area contributed by atoms with Gasteiger partial charge in [-0.3, -0.25) is 0 Å². The Hall–Kier alpha value is -1.07. The Morgan fingerprint density at radius 2 is 1.74 bits per heavy atom. The van der Waals surface area contributed by atoms with Gasteiger partial charge in [0.2, 0.25) is 0 Å². The topological polar surface area (TPSA) is 21.3 Å². The van der Waals surface area contributed by atoms with Gasteiger partial charge in [-0.1, -0.05) is 24.3 Å². The minimum atomic E-state index is 0.708. The van der Waals surface area contributed by atoms with Crippen molar-refractivity contribution in [1.82, 2.24) is 5.32 Å². The highest BCUT2D eigenvalue weighted by molar-refractivity contribution is 14.1. The molecule has 0 heterocycles. The average Bonchev–Trinajstić information content (AvgIpc) is 2.42. The average molecular weight is 367 g/mol. The summed E-state index contributed by atoms with van der Waals surface area (Å²) in [5.74, 6) is 0.941. The molecule has 2 aromatic carbocycles. The molecule has 1 N–H and O–H groups in total. The van der Waals surface area contributed by atoms with E-state index in [9.17, 15) is 0 Å². The first-order chi connectivity index (χ1) is 9.28. The summed E-state index contributed by atoms with van der Waals surface area (Å²) in [5.41, 5.74) is 2.55. The van der Waals surface area contributed by atoms with Crippen LogP contribution < -0.4 is 10.1 Å². The van der Waals surface area contributed by atoms with Gasteiger partial charge in [-0.25, -0.2) is 0 Å². The summed E-state index contributed by atoms with van der Waals surface area (Å²) in [6.45, 7) is 4.45. The molecular weight excluding hydrogens is 349 g/mol. The molecule has 2 aromatic rings. The monoisotopic (exact) mass is 367 g/mol. The van der Waals surface area contributed by atoms with Crippen LogP contribution in [0, 0.1) is 3.57 Å². The number of nitrogens with one attached hydrogen (secondary N) is 1. The zero-order valence-electron chi connectivity index (χ0n) is 11.0. The lowest BCUT2D eigenvalue weighted by Gasteiger charge is -2.08. The molecule has 0 aliphatic heterocycles. The fraction of sp³-hybridized carbons (Fsp3) is 0.250. The van der Waals surface area contributed by atoms with Crippen LogP contribution in [-0.4, -0.2) is 6.61 Å². The maximum Gasteiger partial charge on any atom is 0.119 e. The van der Waals surface area contributed by atoms with Gasteiger partial charge in [0, 0.05) is 16.7 Å². The van der Waals surface area contributed by atoms with E-state index in [-0.39, 0.29) is 0 Å². The SMILES string of the molecule is CCOc1cccc(CNCc2ccc(I)cc2)c1. The van der Waals surface area contributed by atoms with E-state index < -0.39 is 0 Å². The van der Waals surface area contributed by atoms with E-state index in [1.807, 2.05) is 19.1 Å². The lowest BCUT2D eigenvalue weighted by Crippen LogP contribution is -2.12. The molecule has 0 bridgehead atoms. The normalized spacial score (nSPS) is 10.4. The van der Waals surface area contributed by atoms with Crippen LogP contribution in [0.25, 0.3) is 0 Å². The third kappa shape index (κ3) is 4.84. The standard InChI is InChI=1S/C16H18INO/c1-2-19-16-5-3-4-14(10-16)12-18-11-13-6-8-15(17)9-7-13/h3-10,18H,2,11-12H2,1H3. The summed E-state index contributed by atoms with van der Waals surface area (Å²) in [5, 5.41) is 3.45. The molecule has 0 radical (unpaired) electrons. The minimum absolute atomic E-state index is 0.708. The summed E-state index contributed by atoms with van der Waals surface area (Å²) in [6.07, 6.45) is 0. The molecule has 2 nitrogen and oxygen atoms in total. The molecule has 3 heteroatoms. The van der Waals surface area contributed by atoms with E-state index in [0.29, 0.717) is 6.61 Å². The van der Waals surface area contributed by atoms with Gasteiger partial charge in [0.1, 0.15) is 5.75 Å². The van der Waals surface area contributed by atoms with Crippen molar-refractivity contribution >= 4 is 22.6 Å². The maximum atomic E-state index is 5.50. The highest BCUT2D eigenvalue weighted by atomic mass is 127. The zero-order valence-corrected chi connectivity index (χ0v) is 13.2. The van der Waals surface area contributed by atoms with Crippen molar-refractivity contribution in [2.24, 2.45) is 0 Å². The fourth-order valence-electron chi connectivity index (χ4n) is 1.87. The van der Waals surface area contributed by atoms with Crippen LogP contribution in [0.15, 0.2) is 48.5 Å². The molecule has 0 fully saturated rings. The summed E-state index contributed by atoms with van der Waals surface area (Å²) >= 11 is 2.32. The lowest BCUT2D eigenvalue weighted by atomic mass is 10.2. The van der Waals surface area contributed by atoms with Crippen LogP contribution in [0.1, 0.15) is 18.1 Å². The first-order valence-electron chi connectivity index (χ1n) is 6.45. The highest BCUT2D eigenvalue weighted by Crippen LogP contribution is 2.13. The van der Waals surface area contributed by atoms with E-state index in [1.54, 1.807) is 0 Å². The third-order valence-corrected chi connectivity index (χ3v) is 3.50. The van der Waals surface area contributed by atoms with Gasteiger partial charge in [-0.05, 0) is 64.9 Å². The fourth-order valence-corrected chi connectivity index (χ4v) is 2.22. The number of hydrogen-bond donors (Lipinski definition) is 1. The summed E-state index contributed by atoms with van der Waals surface area (Å²) in [6, 6.07) is 16.8. The van der Waals surface area contributed by atoms with E-state index >= 15 is 0 Å². The number of ether oxygens (including phenoxy) is 1. The van der Waals surface area contributed by atoms with E-state index in [4.69, 9.17) is 4.74 Å². The van der Waals surface area contributed by atoms with Crippen LogP contribution in [0.3, 0.4) is 0 Å². The Balaban J connectivity index is 1.85. The van der Waals surface area contributed by atoms with E-state index in [1.165, 1.54) is 14.7 Å². The first kappa shape index (κ1) is 14.3. The highest BCUT2D eigenvalue weighted by Gasteiger charge is 1.97. The van der Waals surface area contributed by atoms with Crippen LogP contribution >= 0.6 is 22.6 Å². The molecule has 0 spiro atoms. The molecule has 0 amide bonds. The largest absolute Gasteiger partial charge is 0.494 e. The molecule has 0 unspecified atom stereocenters. The summed E-state index contributed by atoms with van der Waals surface area (Å²) in [7, 11) is 0. The van der Waals surface area contributed by atoms with Crippen LogP contribution in [0.4, 0.5) is 0 Å². The molecule has 0 saturated heterocycles. The van der Waals surface area contributed by atoms with Crippen molar-refractivity contribution in [3.63, 3.8) is 0 Å². The van der Waals surface area contributed by atoms with Gasteiger partial charge < -0.3 is 10.1 Å². The Morgan fingerprint density at radius 1 is 1.00 bits per heavy atom. The molecule has 0 saturated carbocycles. The van der Waals surface area contributed by atoms with Crippen molar-refractivity contribution in [2.75, 3.05) is 6.61 Å². The molecule has 100 valence electrons. The van der Waals surface area contributed by atoms with Gasteiger partial charge in [0.05, 0.1) is 6.61 Å². The van der Waals surface area contributed by atoms with Crippen molar-refractivity contribution in [3.05, 3.63) is 63.2 Å². The third-order valence-electron chi connectivity index (χ3n) is 2.78. The van der Waals surface area contributed by atoms with Crippen molar-refractivity contribution in [2.45, 2.75) is 20.0 Å². The summed E-state index contributed by atoms with van der Waals surface area (Å²) < 4.78 is 6.76. The molecule has 2 rings (SSSR count). The maximum absolute atomic E-state index is 5.50. The van der Waals surface area contributed by atoms with Crippen LogP contribution in [0.5, 0.6) is 5.75 Å². The molecule has 0 aromatic heterocycles. The van der Waals surface area contributed by atoms with E-state index in [0.717, 1.165) is 18.8 Å². The minimum Gasteiger partial charge on any atom is -0.494 e.